The van der Waals surface area contributed by atoms with E-state index in [2.05, 4.69) is 19.9 Å². The number of carbonyl (C=O) groups is 4. The van der Waals surface area contributed by atoms with Crippen molar-refractivity contribution in [2.45, 2.75) is 53.4 Å². The first kappa shape index (κ1) is 41.1. The first-order chi connectivity index (χ1) is 25.6. The zero-order valence-corrected chi connectivity index (χ0v) is 31.9. The lowest BCUT2D eigenvalue weighted by molar-refractivity contribution is -0.108. The molecule has 0 saturated carbocycles. The molecule has 1 aliphatic rings. The van der Waals surface area contributed by atoms with Gasteiger partial charge in [0.25, 0.3) is 0 Å². The van der Waals surface area contributed by atoms with Crippen molar-refractivity contribution < 1.29 is 46.9 Å². The Balaban J connectivity index is 0.000000241. The molecule has 1 aliphatic carbocycles. The Kier molecular flexibility index (Phi) is 13.3. The molecule has 0 unspecified atom stereocenters. The molecule has 0 saturated heterocycles. The molecule has 0 spiro atoms. The summed E-state index contributed by atoms with van der Waals surface area (Å²) in [6.45, 7) is 7.77. The van der Waals surface area contributed by atoms with Crippen LogP contribution in [0.3, 0.4) is 0 Å². The first-order valence-corrected chi connectivity index (χ1v) is 17.4. The number of Topliss-reactive ketones (excluding diaryl/α,β-unsaturated/α-hetero) is 1. The fourth-order valence-electron chi connectivity index (χ4n) is 6.49. The second kappa shape index (κ2) is 17.5. The van der Waals surface area contributed by atoms with Crippen LogP contribution in [0.25, 0.3) is 27.8 Å². The predicted molar refractivity (Wildman–Crippen MR) is 204 cm³/mol. The highest BCUT2D eigenvalue weighted by Crippen LogP contribution is 2.47. The Labute approximate surface area is 315 Å². The van der Waals surface area contributed by atoms with Crippen molar-refractivity contribution in [3.8, 4) is 33.8 Å². The van der Waals surface area contributed by atoms with Gasteiger partial charge >= 0.3 is 11.9 Å². The third-order valence-corrected chi connectivity index (χ3v) is 9.69. The van der Waals surface area contributed by atoms with Crippen LogP contribution in [0, 0.1) is 22.5 Å². The molecule has 0 bridgehead atoms. The summed E-state index contributed by atoms with van der Waals surface area (Å²) in [5, 5.41) is 0. The molecule has 10 heteroatoms. The number of ether oxygens (including phenoxy) is 4. The maximum absolute atomic E-state index is 14.6. The summed E-state index contributed by atoms with van der Waals surface area (Å²) >= 11 is 0. The maximum atomic E-state index is 14.6. The number of hydrogen-bond acceptors (Lipinski definition) is 8. The van der Waals surface area contributed by atoms with E-state index in [0.29, 0.717) is 34.6 Å². The standard InChI is InChI=1S/C22H23FO5.C22H23FO3/c1-22(2,10-5-11-24)20(25)18-12-14(21(26)28-4)6-8-16(18)17-13-15(27-3)7-9-19(17)23;1-22(2)11-5-6-19(22)17-12-14(21(24)26-4)7-9-16(17)18-13-15(25-3)8-10-20(18)23/h6-9,11-13H,5,10H2,1-4H3;6-10,12-13H,5,11H2,1-4H3. The first-order valence-electron chi connectivity index (χ1n) is 17.4. The van der Waals surface area contributed by atoms with Gasteiger partial charge in [-0.3, -0.25) is 4.79 Å². The minimum absolute atomic E-state index is 0.0428. The van der Waals surface area contributed by atoms with Gasteiger partial charge in [-0.2, -0.15) is 0 Å². The molecular formula is C44H46F2O8. The van der Waals surface area contributed by atoms with Crippen LogP contribution < -0.4 is 9.47 Å². The van der Waals surface area contributed by atoms with Gasteiger partial charge in [0.1, 0.15) is 29.4 Å². The molecule has 0 atom stereocenters. The van der Waals surface area contributed by atoms with Gasteiger partial charge in [0.05, 0.1) is 39.6 Å². The minimum atomic E-state index is -0.875. The fourth-order valence-corrected chi connectivity index (χ4v) is 6.49. The zero-order chi connectivity index (χ0) is 39.8. The Bertz CT molecular complexity index is 2080. The number of halogens is 2. The van der Waals surface area contributed by atoms with Crippen molar-refractivity contribution in [1.29, 1.82) is 0 Å². The number of ketones is 1. The third kappa shape index (κ3) is 9.10. The van der Waals surface area contributed by atoms with Gasteiger partial charge in [0.15, 0.2) is 5.78 Å². The van der Waals surface area contributed by atoms with Gasteiger partial charge in [-0.1, -0.05) is 45.9 Å². The molecule has 0 aromatic heterocycles. The van der Waals surface area contributed by atoms with E-state index in [1.165, 1.54) is 63.8 Å². The Hall–Kier alpha value is -5.64. The molecule has 4 aromatic carbocycles. The smallest absolute Gasteiger partial charge is 0.337 e. The SMILES string of the molecule is COC(=O)c1ccc(-c2cc(OC)ccc2F)c(C(=O)C(C)(C)CCC=O)c1.COC(=O)c1ccc(-c2cc(OC)ccc2F)c(C2=CCCC2(C)C)c1. The summed E-state index contributed by atoms with van der Waals surface area (Å²) in [6, 6.07) is 18.6. The van der Waals surface area contributed by atoms with Crippen LogP contribution >= 0.6 is 0 Å². The number of esters is 2. The van der Waals surface area contributed by atoms with Crippen LogP contribution in [0.1, 0.15) is 90.0 Å². The van der Waals surface area contributed by atoms with E-state index in [1.54, 1.807) is 51.3 Å². The molecule has 8 nitrogen and oxygen atoms in total. The molecule has 5 rings (SSSR count). The lowest BCUT2D eigenvalue weighted by Gasteiger charge is -2.25. The average molecular weight is 741 g/mol. The predicted octanol–water partition coefficient (Wildman–Crippen LogP) is 9.97. The van der Waals surface area contributed by atoms with Gasteiger partial charge in [-0.05, 0) is 108 Å². The number of carbonyl (C=O) groups excluding carboxylic acids is 4. The molecule has 0 heterocycles. The van der Waals surface area contributed by atoms with Crippen LogP contribution in [0.2, 0.25) is 0 Å². The molecule has 0 N–H and O–H groups in total. The number of methoxy groups -OCH3 is 4. The van der Waals surface area contributed by atoms with Gasteiger partial charge in [-0.25, -0.2) is 18.4 Å². The van der Waals surface area contributed by atoms with Gasteiger partial charge in [0.2, 0.25) is 0 Å². The molecule has 0 fully saturated rings. The van der Waals surface area contributed by atoms with Crippen molar-refractivity contribution in [1.82, 2.24) is 0 Å². The average Bonchev–Trinajstić information content (AvgIpc) is 3.54. The highest BCUT2D eigenvalue weighted by molar-refractivity contribution is 6.07. The normalized spacial score (nSPS) is 13.2. The Morgan fingerprint density at radius 3 is 1.70 bits per heavy atom. The molecular weight excluding hydrogens is 694 g/mol. The number of rotatable bonds is 12. The molecule has 284 valence electrons. The third-order valence-electron chi connectivity index (χ3n) is 9.69. The summed E-state index contributed by atoms with van der Waals surface area (Å²) in [5.41, 5.74) is 3.63. The van der Waals surface area contributed by atoms with Crippen LogP contribution in [-0.4, -0.2) is 52.4 Å². The molecule has 0 radical (unpaired) electrons. The summed E-state index contributed by atoms with van der Waals surface area (Å²) in [7, 11) is 5.62. The largest absolute Gasteiger partial charge is 0.497 e. The van der Waals surface area contributed by atoms with Gasteiger partial charge in [-0.15, -0.1) is 0 Å². The lowest BCUT2D eigenvalue weighted by Crippen LogP contribution is -2.25. The van der Waals surface area contributed by atoms with Crippen LogP contribution in [0.15, 0.2) is 78.9 Å². The lowest BCUT2D eigenvalue weighted by atomic mass is 9.78. The molecule has 0 aliphatic heterocycles. The van der Waals surface area contributed by atoms with Crippen LogP contribution in [-0.2, 0) is 14.3 Å². The number of benzene rings is 4. The number of hydrogen-bond donors (Lipinski definition) is 0. The molecule has 0 amide bonds. The summed E-state index contributed by atoms with van der Waals surface area (Å²) in [5.74, 6) is -1.12. The van der Waals surface area contributed by atoms with Crippen molar-refractivity contribution in [3.05, 3.63) is 113 Å². The Morgan fingerprint density at radius 2 is 1.22 bits per heavy atom. The van der Waals surface area contributed by atoms with Crippen LogP contribution in [0.4, 0.5) is 8.78 Å². The van der Waals surface area contributed by atoms with E-state index in [1.807, 2.05) is 0 Å². The van der Waals surface area contributed by atoms with Crippen molar-refractivity contribution in [2.75, 3.05) is 28.4 Å². The summed E-state index contributed by atoms with van der Waals surface area (Å²) in [6.07, 6.45) is 5.46. The minimum Gasteiger partial charge on any atom is -0.497 e. The van der Waals surface area contributed by atoms with E-state index in [9.17, 15) is 28.0 Å². The van der Waals surface area contributed by atoms with E-state index >= 15 is 0 Å². The van der Waals surface area contributed by atoms with E-state index in [0.717, 1.165) is 35.8 Å². The van der Waals surface area contributed by atoms with Crippen molar-refractivity contribution >= 4 is 29.6 Å². The Morgan fingerprint density at radius 1 is 0.704 bits per heavy atom. The monoisotopic (exact) mass is 740 g/mol. The molecule has 54 heavy (non-hydrogen) atoms. The van der Waals surface area contributed by atoms with Crippen molar-refractivity contribution in [2.24, 2.45) is 10.8 Å². The topological polar surface area (TPSA) is 105 Å². The second-order valence-corrected chi connectivity index (χ2v) is 14.2. The van der Waals surface area contributed by atoms with E-state index in [4.69, 9.17) is 18.9 Å². The van der Waals surface area contributed by atoms with Gasteiger partial charge in [0, 0.05) is 28.5 Å². The van der Waals surface area contributed by atoms with Crippen molar-refractivity contribution in [3.63, 3.8) is 0 Å². The highest BCUT2D eigenvalue weighted by Gasteiger charge is 2.32. The summed E-state index contributed by atoms with van der Waals surface area (Å²) < 4.78 is 49.2. The quantitative estimate of drug-likeness (QED) is 0.0803. The maximum Gasteiger partial charge on any atom is 0.337 e. The summed E-state index contributed by atoms with van der Waals surface area (Å²) in [4.78, 5) is 48.0. The van der Waals surface area contributed by atoms with Crippen LogP contribution in [0.5, 0.6) is 11.5 Å². The second-order valence-electron chi connectivity index (χ2n) is 14.2. The molecule has 4 aromatic rings. The number of allylic oxidation sites excluding steroid dienone is 2. The fraction of sp³-hybridized carbons (Fsp3) is 0.318. The number of aldehydes is 1. The highest BCUT2D eigenvalue weighted by atomic mass is 19.1. The van der Waals surface area contributed by atoms with E-state index in [-0.39, 0.29) is 40.1 Å². The zero-order valence-electron chi connectivity index (χ0n) is 31.9. The van der Waals surface area contributed by atoms with Gasteiger partial charge < -0.3 is 23.7 Å². The van der Waals surface area contributed by atoms with E-state index < -0.39 is 23.2 Å².